The highest BCUT2D eigenvalue weighted by molar-refractivity contribution is 7.93. The van der Waals surface area contributed by atoms with Crippen LogP contribution in [0.1, 0.15) is 15.9 Å². The lowest BCUT2D eigenvalue weighted by molar-refractivity contribution is 0.100. The summed E-state index contributed by atoms with van der Waals surface area (Å²) < 4.78 is 72.0. The third-order valence-electron chi connectivity index (χ3n) is 5.41. The highest BCUT2D eigenvalue weighted by Gasteiger charge is 2.27. The number of aryl methyl sites for hydroxylation is 1. The molecule has 4 N–H and O–H groups in total. The minimum absolute atomic E-state index is 0.00790. The number of halogens is 3. The van der Waals surface area contributed by atoms with Crippen molar-refractivity contribution < 1.29 is 31.1 Å². The van der Waals surface area contributed by atoms with Gasteiger partial charge in [-0.2, -0.15) is 13.9 Å². The number of primary amides is 1. The lowest BCUT2D eigenvalue weighted by atomic mass is 10.1. The number of hydrogen-bond acceptors (Lipinski definition) is 8. The van der Waals surface area contributed by atoms with Crippen LogP contribution in [0.15, 0.2) is 61.1 Å². The zero-order valence-corrected chi connectivity index (χ0v) is 21.1. The molecule has 0 spiro atoms. The topological polar surface area (TPSA) is 154 Å². The molecule has 15 heteroatoms. The first kappa shape index (κ1) is 27.4. The second-order valence-corrected chi connectivity index (χ2v) is 9.77. The number of nitrogens with zero attached hydrogens (tertiary/aromatic N) is 4. The summed E-state index contributed by atoms with van der Waals surface area (Å²) in [7, 11) is -3.47. The molecule has 0 radical (unpaired) electrons. The van der Waals surface area contributed by atoms with Crippen LogP contribution in [-0.2, 0) is 23.5 Å². The van der Waals surface area contributed by atoms with Gasteiger partial charge in [0.1, 0.15) is 22.9 Å². The van der Waals surface area contributed by atoms with Gasteiger partial charge in [0, 0.05) is 31.4 Å². The molecule has 39 heavy (non-hydrogen) atoms. The van der Waals surface area contributed by atoms with Gasteiger partial charge in [0.15, 0.2) is 5.82 Å². The zero-order valence-electron chi connectivity index (χ0n) is 20.3. The van der Waals surface area contributed by atoms with Gasteiger partial charge in [-0.3, -0.25) is 19.2 Å². The van der Waals surface area contributed by atoms with E-state index in [1.807, 2.05) is 4.72 Å². The van der Waals surface area contributed by atoms with Crippen LogP contribution in [0, 0.1) is 5.82 Å². The lowest BCUT2D eigenvalue weighted by Gasteiger charge is -2.15. The van der Waals surface area contributed by atoms with E-state index in [1.54, 1.807) is 19.2 Å². The number of amides is 1. The summed E-state index contributed by atoms with van der Waals surface area (Å²) in [4.78, 5) is 20.5. The maximum atomic E-state index is 13.2. The highest BCUT2D eigenvalue weighted by Crippen LogP contribution is 2.36. The first-order chi connectivity index (χ1) is 18.5. The fraction of sp³-hybridized carbons (Fsp3) is 0.167. The number of carbonyl (C=O) groups excluding carboxylic acids is 1. The van der Waals surface area contributed by atoms with Crippen molar-refractivity contribution in [3.8, 4) is 17.0 Å². The number of hydrogen-bond donors (Lipinski definition) is 3. The molecule has 204 valence electrons. The smallest absolute Gasteiger partial charge is 0.355 e. The normalized spacial score (nSPS) is 11.4. The predicted molar refractivity (Wildman–Crippen MR) is 137 cm³/mol. The average molecular weight is 562 g/mol. The lowest BCUT2D eigenvalue weighted by Crippen LogP contribution is -2.21. The molecule has 2 aromatic heterocycles. The van der Waals surface area contributed by atoms with Crippen molar-refractivity contribution in [1.29, 1.82) is 0 Å². The number of aromatic nitrogens is 4. The van der Waals surface area contributed by atoms with Crippen LogP contribution in [-0.4, -0.2) is 46.4 Å². The van der Waals surface area contributed by atoms with Crippen molar-refractivity contribution in [3.05, 3.63) is 78.0 Å². The van der Waals surface area contributed by atoms with Gasteiger partial charge in [0.05, 0.1) is 24.2 Å². The molecule has 11 nitrogen and oxygen atoms in total. The molecule has 0 fully saturated rings. The van der Waals surface area contributed by atoms with E-state index >= 15 is 0 Å². The Bertz CT molecular complexity index is 1580. The first-order valence-corrected chi connectivity index (χ1v) is 12.8. The molecule has 4 aromatic rings. The number of nitrogens with two attached hydrogens (primary N) is 1. The summed E-state index contributed by atoms with van der Waals surface area (Å²) in [6.45, 7) is -0.00790. The number of rotatable bonds is 11. The largest absolute Gasteiger partial charge is 0.491 e. The molecule has 0 aliphatic carbocycles. The second kappa shape index (κ2) is 11.4. The van der Waals surface area contributed by atoms with Gasteiger partial charge in [-0.05, 0) is 29.8 Å². The maximum Gasteiger partial charge on any atom is 0.355 e. The Balaban J connectivity index is 1.71. The number of carbonyl (C=O) groups is 1. The van der Waals surface area contributed by atoms with Crippen LogP contribution in [0.25, 0.3) is 11.3 Å². The number of sulfonamides is 1. The van der Waals surface area contributed by atoms with E-state index in [2.05, 4.69) is 20.4 Å². The molecule has 0 saturated heterocycles. The molecule has 0 bridgehead atoms. The van der Waals surface area contributed by atoms with Crippen molar-refractivity contribution >= 4 is 33.3 Å². The van der Waals surface area contributed by atoms with E-state index in [1.165, 1.54) is 53.6 Å². The fourth-order valence-corrected chi connectivity index (χ4v) is 4.23. The third kappa shape index (κ3) is 6.43. The maximum absolute atomic E-state index is 13.2. The van der Waals surface area contributed by atoms with Crippen LogP contribution < -0.4 is 20.5 Å². The first-order valence-electron chi connectivity index (χ1n) is 11.3. The van der Waals surface area contributed by atoms with Crippen molar-refractivity contribution in [2.24, 2.45) is 12.8 Å². The number of alkyl halides is 2. The molecular weight excluding hydrogens is 539 g/mol. The molecule has 2 heterocycles. The SMILES string of the molecule is Cn1nc(Nc2cnccn2)c(C(N)=O)c1-c1ccc(NS(=O)(=O)C(F)F)c(OCCc2ccc(F)cc2)c1. The standard InChI is InChI=1S/C24H22F3N7O4S/c1-34-21(20(22(28)35)23(32-34)31-19-13-29-9-10-30-19)15-4-7-17(33-39(36,37)24(26)27)18(12-15)38-11-8-14-2-5-16(25)6-3-14/h2-7,9-10,12-13,24,33H,8,11H2,1H3,(H2,28,35)(H,30,31,32). The highest BCUT2D eigenvalue weighted by atomic mass is 32.2. The van der Waals surface area contributed by atoms with Gasteiger partial charge >= 0.3 is 5.76 Å². The zero-order chi connectivity index (χ0) is 28.2. The van der Waals surface area contributed by atoms with E-state index < -0.39 is 27.5 Å². The number of ether oxygens (including phenoxy) is 1. The summed E-state index contributed by atoms with van der Waals surface area (Å²) in [6.07, 6.45) is 4.61. The minimum Gasteiger partial charge on any atom is -0.491 e. The molecular formula is C24H22F3N7O4S. The summed E-state index contributed by atoms with van der Waals surface area (Å²) in [6, 6.07) is 9.63. The summed E-state index contributed by atoms with van der Waals surface area (Å²) in [5.74, 6) is -4.64. The van der Waals surface area contributed by atoms with Crippen molar-refractivity contribution in [2.75, 3.05) is 16.6 Å². The number of nitrogens with one attached hydrogen (secondary N) is 2. The monoisotopic (exact) mass is 561 g/mol. The molecule has 2 aromatic carbocycles. The average Bonchev–Trinajstić information content (AvgIpc) is 3.22. The summed E-state index contributed by atoms with van der Waals surface area (Å²) in [5, 5.41) is 7.17. The minimum atomic E-state index is -5.01. The summed E-state index contributed by atoms with van der Waals surface area (Å²) >= 11 is 0. The Kier molecular flexibility index (Phi) is 7.99. The number of anilines is 3. The van der Waals surface area contributed by atoms with Crippen molar-refractivity contribution in [2.45, 2.75) is 12.2 Å². The molecule has 0 atom stereocenters. The van der Waals surface area contributed by atoms with E-state index in [4.69, 9.17) is 10.5 Å². The predicted octanol–water partition coefficient (Wildman–Crippen LogP) is 3.44. The van der Waals surface area contributed by atoms with Crippen LogP contribution in [0.4, 0.5) is 30.5 Å². The van der Waals surface area contributed by atoms with E-state index in [0.717, 1.165) is 5.56 Å². The van der Waals surface area contributed by atoms with Crippen molar-refractivity contribution in [1.82, 2.24) is 19.7 Å². The molecule has 0 unspecified atom stereocenters. The Morgan fingerprint density at radius 1 is 1.15 bits per heavy atom. The van der Waals surface area contributed by atoms with Crippen LogP contribution in [0.5, 0.6) is 5.75 Å². The Morgan fingerprint density at radius 3 is 2.54 bits per heavy atom. The van der Waals surface area contributed by atoms with Crippen LogP contribution in [0.3, 0.4) is 0 Å². The molecule has 0 saturated carbocycles. The Morgan fingerprint density at radius 2 is 1.90 bits per heavy atom. The van der Waals surface area contributed by atoms with Gasteiger partial charge in [-0.15, -0.1) is 0 Å². The number of benzene rings is 2. The van der Waals surface area contributed by atoms with E-state index in [9.17, 15) is 26.4 Å². The van der Waals surface area contributed by atoms with Gasteiger partial charge in [0.2, 0.25) is 0 Å². The molecule has 4 rings (SSSR count). The van der Waals surface area contributed by atoms with Gasteiger partial charge in [0.25, 0.3) is 15.9 Å². The van der Waals surface area contributed by atoms with Crippen LogP contribution >= 0.6 is 0 Å². The van der Waals surface area contributed by atoms with Gasteiger partial charge < -0.3 is 15.8 Å². The quantitative estimate of drug-likeness (QED) is 0.252. The van der Waals surface area contributed by atoms with Gasteiger partial charge in [-0.25, -0.2) is 17.8 Å². The van der Waals surface area contributed by atoms with Crippen LogP contribution in [0.2, 0.25) is 0 Å². The van der Waals surface area contributed by atoms with Crippen molar-refractivity contribution in [3.63, 3.8) is 0 Å². The fourth-order valence-electron chi connectivity index (χ4n) is 3.66. The van der Waals surface area contributed by atoms with E-state index in [0.29, 0.717) is 17.8 Å². The third-order valence-corrected chi connectivity index (χ3v) is 6.38. The summed E-state index contributed by atoms with van der Waals surface area (Å²) in [5.41, 5.74) is 6.68. The Hall–Kier alpha value is -4.66. The Labute approximate surface area is 220 Å². The molecule has 0 aliphatic rings. The van der Waals surface area contributed by atoms with Gasteiger partial charge in [-0.1, -0.05) is 18.2 Å². The molecule has 1 amide bonds. The van der Waals surface area contributed by atoms with E-state index in [-0.39, 0.29) is 35.1 Å². The molecule has 0 aliphatic heterocycles. The second-order valence-electron chi connectivity index (χ2n) is 8.12.